The number of alkyl halides is 3. The van der Waals surface area contributed by atoms with E-state index in [1.54, 1.807) is 12.1 Å². The predicted octanol–water partition coefficient (Wildman–Crippen LogP) is 3.78. The molecule has 0 radical (unpaired) electrons. The Labute approximate surface area is 98.0 Å². The molecule has 0 amide bonds. The standard InChI is InChI=1S/C13H13F3O/c1-10(17)5-2-3-6-11-7-4-8-12(9-11)13(14,15)16/h2,4-5,7-9H,3,6H2,1H3. The van der Waals surface area contributed by atoms with E-state index in [2.05, 4.69) is 0 Å². The van der Waals surface area contributed by atoms with Crippen molar-refractivity contribution in [1.82, 2.24) is 0 Å². The van der Waals surface area contributed by atoms with Gasteiger partial charge in [0, 0.05) is 0 Å². The van der Waals surface area contributed by atoms with Crippen LogP contribution >= 0.6 is 0 Å². The van der Waals surface area contributed by atoms with Gasteiger partial charge in [0.15, 0.2) is 5.78 Å². The van der Waals surface area contributed by atoms with E-state index < -0.39 is 11.7 Å². The minimum absolute atomic E-state index is 0.0611. The Balaban J connectivity index is 2.64. The van der Waals surface area contributed by atoms with E-state index in [1.165, 1.54) is 19.1 Å². The summed E-state index contributed by atoms with van der Waals surface area (Å²) >= 11 is 0. The van der Waals surface area contributed by atoms with Crippen LogP contribution in [0.1, 0.15) is 24.5 Å². The number of hydrogen-bond donors (Lipinski definition) is 0. The second-order valence-corrected chi connectivity index (χ2v) is 3.75. The van der Waals surface area contributed by atoms with Gasteiger partial charge in [0.2, 0.25) is 0 Å². The summed E-state index contributed by atoms with van der Waals surface area (Å²) < 4.78 is 37.2. The summed E-state index contributed by atoms with van der Waals surface area (Å²) in [6.45, 7) is 1.43. The molecule has 0 unspecified atom stereocenters. The molecule has 0 N–H and O–H groups in total. The molecule has 92 valence electrons. The fourth-order valence-electron chi connectivity index (χ4n) is 1.40. The van der Waals surface area contributed by atoms with Crippen LogP contribution in [0.25, 0.3) is 0 Å². The summed E-state index contributed by atoms with van der Waals surface area (Å²) in [4.78, 5) is 10.6. The normalized spacial score (nSPS) is 12.0. The number of benzene rings is 1. The maximum Gasteiger partial charge on any atom is 0.416 e. The summed E-state index contributed by atoms with van der Waals surface area (Å²) in [6, 6.07) is 5.24. The van der Waals surface area contributed by atoms with Crippen LogP contribution in [-0.2, 0) is 17.4 Å². The second-order valence-electron chi connectivity index (χ2n) is 3.75. The maximum absolute atomic E-state index is 12.4. The van der Waals surface area contributed by atoms with Gasteiger partial charge in [-0.1, -0.05) is 24.3 Å². The topological polar surface area (TPSA) is 17.1 Å². The van der Waals surface area contributed by atoms with Crippen molar-refractivity contribution in [2.45, 2.75) is 25.9 Å². The zero-order valence-corrected chi connectivity index (χ0v) is 9.42. The van der Waals surface area contributed by atoms with E-state index in [-0.39, 0.29) is 5.78 Å². The van der Waals surface area contributed by atoms with Crippen LogP contribution < -0.4 is 0 Å². The van der Waals surface area contributed by atoms with Crippen LogP contribution in [-0.4, -0.2) is 5.78 Å². The lowest BCUT2D eigenvalue weighted by Gasteiger charge is -2.07. The molecule has 4 heteroatoms. The molecule has 0 heterocycles. The van der Waals surface area contributed by atoms with Crippen molar-refractivity contribution in [1.29, 1.82) is 0 Å². The summed E-state index contributed by atoms with van der Waals surface area (Å²) in [7, 11) is 0. The monoisotopic (exact) mass is 242 g/mol. The van der Waals surface area contributed by atoms with Crippen molar-refractivity contribution >= 4 is 5.78 Å². The Morgan fingerprint density at radius 1 is 1.35 bits per heavy atom. The average Bonchev–Trinajstić information content (AvgIpc) is 2.23. The van der Waals surface area contributed by atoms with Crippen LogP contribution in [0.4, 0.5) is 13.2 Å². The first kappa shape index (κ1) is 13.5. The molecule has 0 bridgehead atoms. The van der Waals surface area contributed by atoms with Crippen LogP contribution in [0.3, 0.4) is 0 Å². The van der Waals surface area contributed by atoms with Gasteiger partial charge < -0.3 is 0 Å². The van der Waals surface area contributed by atoms with Gasteiger partial charge in [0.25, 0.3) is 0 Å². The van der Waals surface area contributed by atoms with Crippen molar-refractivity contribution in [3.8, 4) is 0 Å². The van der Waals surface area contributed by atoms with Gasteiger partial charge in [-0.05, 0) is 37.5 Å². The van der Waals surface area contributed by atoms with E-state index in [9.17, 15) is 18.0 Å². The Kier molecular flexibility index (Phi) is 4.49. The highest BCUT2D eigenvalue weighted by molar-refractivity contribution is 5.87. The number of carbonyl (C=O) groups excluding carboxylic acids is 1. The van der Waals surface area contributed by atoms with Gasteiger partial charge in [0.1, 0.15) is 0 Å². The molecule has 17 heavy (non-hydrogen) atoms. The number of hydrogen-bond acceptors (Lipinski definition) is 1. The lowest BCUT2D eigenvalue weighted by molar-refractivity contribution is -0.137. The first-order valence-corrected chi connectivity index (χ1v) is 5.23. The fraction of sp³-hybridized carbons (Fsp3) is 0.308. The molecule has 0 saturated carbocycles. The van der Waals surface area contributed by atoms with Gasteiger partial charge in [-0.15, -0.1) is 0 Å². The Morgan fingerprint density at radius 2 is 2.06 bits per heavy atom. The van der Waals surface area contributed by atoms with E-state index >= 15 is 0 Å². The number of allylic oxidation sites excluding steroid dienone is 2. The van der Waals surface area contributed by atoms with E-state index in [4.69, 9.17) is 0 Å². The number of halogens is 3. The predicted molar refractivity (Wildman–Crippen MR) is 59.6 cm³/mol. The summed E-state index contributed by atoms with van der Waals surface area (Å²) in [5.41, 5.74) is -0.0152. The smallest absolute Gasteiger partial charge is 0.295 e. The quantitative estimate of drug-likeness (QED) is 0.734. The molecule has 0 saturated heterocycles. The fourth-order valence-corrected chi connectivity index (χ4v) is 1.40. The Bertz CT molecular complexity index is 419. The van der Waals surface area contributed by atoms with Crippen molar-refractivity contribution in [3.05, 3.63) is 47.5 Å². The Morgan fingerprint density at radius 3 is 2.65 bits per heavy atom. The highest BCUT2D eigenvalue weighted by Crippen LogP contribution is 2.29. The van der Waals surface area contributed by atoms with E-state index in [0.29, 0.717) is 18.4 Å². The van der Waals surface area contributed by atoms with Crippen molar-refractivity contribution in [3.63, 3.8) is 0 Å². The SMILES string of the molecule is CC(=O)C=CCCc1cccc(C(F)(F)F)c1. The maximum atomic E-state index is 12.4. The van der Waals surface area contributed by atoms with E-state index in [1.807, 2.05) is 0 Å². The average molecular weight is 242 g/mol. The highest BCUT2D eigenvalue weighted by atomic mass is 19.4. The number of carbonyl (C=O) groups is 1. The lowest BCUT2D eigenvalue weighted by Crippen LogP contribution is -2.05. The van der Waals surface area contributed by atoms with Crippen LogP contribution in [0, 0.1) is 0 Å². The molecule has 0 aliphatic rings. The first-order valence-electron chi connectivity index (χ1n) is 5.23. The van der Waals surface area contributed by atoms with Crippen LogP contribution in [0.15, 0.2) is 36.4 Å². The molecule has 1 aromatic rings. The third kappa shape index (κ3) is 4.85. The van der Waals surface area contributed by atoms with Gasteiger partial charge in [-0.2, -0.15) is 13.2 Å². The zero-order valence-electron chi connectivity index (χ0n) is 9.42. The van der Waals surface area contributed by atoms with Gasteiger partial charge in [0.05, 0.1) is 5.56 Å². The molecule has 1 aromatic carbocycles. The summed E-state index contributed by atoms with van der Waals surface area (Å²) in [5.74, 6) is -0.0611. The number of ketones is 1. The molecular weight excluding hydrogens is 229 g/mol. The van der Waals surface area contributed by atoms with Gasteiger partial charge in [-0.25, -0.2) is 0 Å². The molecule has 0 aliphatic carbocycles. The molecule has 1 nitrogen and oxygen atoms in total. The van der Waals surface area contributed by atoms with Crippen LogP contribution in [0.2, 0.25) is 0 Å². The molecule has 0 fully saturated rings. The van der Waals surface area contributed by atoms with Crippen molar-refractivity contribution in [2.24, 2.45) is 0 Å². The Hall–Kier alpha value is -1.58. The molecule has 0 aliphatic heterocycles. The second kappa shape index (κ2) is 5.66. The van der Waals surface area contributed by atoms with Crippen molar-refractivity contribution < 1.29 is 18.0 Å². The highest BCUT2D eigenvalue weighted by Gasteiger charge is 2.30. The molecule has 0 atom stereocenters. The first-order chi connectivity index (χ1) is 7.89. The molecule has 0 aromatic heterocycles. The van der Waals surface area contributed by atoms with Crippen LogP contribution in [0.5, 0.6) is 0 Å². The molecule has 0 spiro atoms. The zero-order chi connectivity index (χ0) is 12.9. The number of aryl methyl sites for hydroxylation is 1. The van der Waals surface area contributed by atoms with Gasteiger partial charge >= 0.3 is 6.18 Å². The third-order valence-electron chi connectivity index (χ3n) is 2.21. The summed E-state index contributed by atoms with van der Waals surface area (Å²) in [5, 5.41) is 0. The number of rotatable bonds is 4. The minimum Gasteiger partial charge on any atom is -0.295 e. The third-order valence-corrected chi connectivity index (χ3v) is 2.21. The van der Waals surface area contributed by atoms with Crippen molar-refractivity contribution in [2.75, 3.05) is 0 Å². The summed E-state index contributed by atoms with van der Waals surface area (Å²) in [6.07, 6.45) is -0.157. The molecular formula is C13H13F3O. The molecule has 1 rings (SSSR count). The van der Waals surface area contributed by atoms with Gasteiger partial charge in [-0.3, -0.25) is 4.79 Å². The largest absolute Gasteiger partial charge is 0.416 e. The van der Waals surface area contributed by atoms with E-state index in [0.717, 1.165) is 12.1 Å². The minimum atomic E-state index is -4.30. The lowest BCUT2D eigenvalue weighted by atomic mass is 10.1.